The average Bonchev–Trinajstić information content (AvgIpc) is 2.27. The molecule has 8 aromatic rings. The van der Waals surface area contributed by atoms with Crippen LogP contribution in [0.4, 0.5) is 45.5 Å². The van der Waals surface area contributed by atoms with Crippen LogP contribution in [-0.4, -0.2) is 0 Å². The molecule has 4 atom stereocenters. The molecule has 0 saturated carbocycles. The highest BCUT2D eigenvalue weighted by Crippen LogP contribution is 2.63. The smallest absolute Gasteiger partial charge is 0.166 e. The highest BCUT2D eigenvalue weighted by atomic mass is 15.5. The molecule has 6 aliphatic carbocycles. The Bertz CT molecular complexity index is 4060. The van der Waals surface area contributed by atoms with Gasteiger partial charge in [-0.25, -0.2) is 0 Å². The number of aryl methyl sites for hydroxylation is 4. The minimum absolute atomic E-state index is 0.0279. The third-order valence-corrected chi connectivity index (χ3v) is 21.5. The molecule has 4 nitrogen and oxygen atoms in total. The quantitative estimate of drug-likeness (QED) is 0.174. The first-order valence-electron chi connectivity index (χ1n) is 30.0. The van der Waals surface area contributed by atoms with E-state index in [2.05, 4.69) is 297 Å². The normalized spacial score (nSPS) is 23.1. The van der Waals surface area contributed by atoms with E-state index in [-0.39, 0.29) is 33.5 Å². The van der Waals surface area contributed by atoms with E-state index < -0.39 is 0 Å². The minimum Gasteiger partial charge on any atom is -0.291 e. The van der Waals surface area contributed by atoms with Gasteiger partial charge in [0.2, 0.25) is 0 Å². The second-order valence-electron chi connectivity index (χ2n) is 27.3. The molecule has 4 heteroatoms. The minimum atomic E-state index is -0.144. The van der Waals surface area contributed by atoms with Crippen LogP contribution >= 0.6 is 0 Å². The third-order valence-electron chi connectivity index (χ3n) is 21.5. The van der Waals surface area contributed by atoms with Crippen molar-refractivity contribution in [2.24, 2.45) is 11.8 Å². The molecule has 0 aromatic heterocycles. The highest BCUT2D eigenvalue weighted by molar-refractivity contribution is 6.02. The molecule has 8 aromatic carbocycles. The molecule has 0 saturated heterocycles. The first-order chi connectivity index (χ1) is 39.3. The Hall–Kier alpha value is -8.34. The molecule has 2 aliphatic heterocycles. The van der Waals surface area contributed by atoms with Crippen LogP contribution in [0.3, 0.4) is 0 Å². The molecule has 0 N–H and O–H groups in total. The van der Waals surface area contributed by atoms with E-state index in [0.29, 0.717) is 11.8 Å². The number of allylic oxidation sites excluding steroid dienone is 8. The van der Waals surface area contributed by atoms with Gasteiger partial charge in [-0.1, -0.05) is 177 Å². The maximum atomic E-state index is 2.66. The van der Waals surface area contributed by atoms with Crippen LogP contribution in [0.15, 0.2) is 206 Å². The van der Waals surface area contributed by atoms with Crippen molar-refractivity contribution in [3.8, 4) is 22.3 Å². The lowest BCUT2D eigenvalue weighted by molar-refractivity contribution is 0.394. The predicted octanol–water partition coefficient (Wildman–Crippen LogP) is 20.2. The Morgan fingerprint density at radius 3 is 0.976 bits per heavy atom. The fourth-order valence-corrected chi connectivity index (χ4v) is 16.7. The molecule has 8 aliphatic rings. The number of fused-ring (bicyclic) bond motifs is 14. The van der Waals surface area contributed by atoms with Crippen LogP contribution in [0.5, 0.6) is 0 Å². The molecule has 0 amide bonds. The number of benzene rings is 8. The van der Waals surface area contributed by atoms with Gasteiger partial charge in [0.25, 0.3) is 0 Å². The zero-order valence-electron chi connectivity index (χ0n) is 49.6. The van der Waals surface area contributed by atoms with Gasteiger partial charge in [-0.2, -0.15) is 0 Å². The van der Waals surface area contributed by atoms with E-state index in [0.717, 1.165) is 34.4 Å². The highest BCUT2D eigenvalue weighted by Gasteiger charge is 2.50. The maximum Gasteiger partial charge on any atom is 0.166 e. The van der Waals surface area contributed by atoms with E-state index >= 15 is 0 Å². The summed E-state index contributed by atoms with van der Waals surface area (Å²) in [6.45, 7) is 28.5. The van der Waals surface area contributed by atoms with Gasteiger partial charge in [-0.3, -0.25) is 19.6 Å². The summed E-state index contributed by atoms with van der Waals surface area (Å²) in [5.41, 5.74) is 30.4. The van der Waals surface area contributed by atoms with Crippen molar-refractivity contribution in [2.75, 3.05) is 19.6 Å². The summed E-state index contributed by atoms with van der Waals surface area (Å²) < 4.78 is 0. The molecule has 0 radical (unpaired) electrons. The summed E-state index contributed by atoms with van der Waals surface area (Å²) in [5, 5.41) is 0. The lowest BCUT2D eigenvalue weighted by atomic mass is 9.74. The van der Waals surface area contributed by atoms with Gasteiger partial charge in [-0.05, 0) is 212 Å². The number of hydrogen-bond donors (Lipinski definition) is 0. The number of anilines is 8. The Labute approximate surface area is 485 Å². The lowest BCUT2D eigenvalue weighted by Gasteiger charge is -2.35. The molecule has 16 rings (SSSR count). The van der Waals surface area contributed by atoms with Gasteiger partial charge >= 0.3 is 0 Å². The van der Waals surface area contributed by atoms with Gasteiger partial charge in [0.1, 0.15) is 0 Å². The monoisotopic (exact) mass is 1060 g/mol. The predicted molar refractivity (Wildman–Crippen MR) is 343 cm³/mol. The SMILES string of the molecule is Cc1cc2c(cc1C)N(c1ccc3c(c1)C1C=CC=CC1C3(C)C)/C(=C1/N(c3ccc4c(c3)-c3ccccc3C4(C)C)c3cc(C)c(C)cc3N1c1ccc3c(c1)C1C=CC=CC1C3(C)C)N2c1ccc2c(c1)-c1ccccc1C2(C)C. The van der Waals surface area contributed by atoms with Gasteiger partial charge in [0.05, 0.1) is 22.7 Å². The van der Waals surface area contributed by atoms with Crippen LogP contribution in [0.2, 0.25) is 0 Å². The number of hydrogen-bond acceptors (Lipinski definition) is 4. The van der Waals surface area contributed by atoms with Crippen LogP contribution in [-0.2, 0) is 21.7 Å². The Morgan fingerprint density at radius 2 is 0.610 bits per heavy atom. The average molecular weight is 1070 g/mol. The molecule has 2 heterocycles. The van der Waals surface area contributed by atoms with Gasteiger partial charge in [-0.15, -0.1) is 0 Å². The molecular weight excluding hydrogens is 993 g/mol. The first-order valence-corrected chi connectivity index (χ1v) is 30.0. The van der Waals surface area contributed by atoms with Crippen LogP contribution in [0, 0.1) is 39.5 Å². The van der Waals surface area contributed by atoms with Crippen molar-refractivity contribution < 1.29 is 0 Å². The fraction of sp³-hybridized carbons (Fsp3) is 0.256. The van der Waals surface area contributed by atoms with E-state index in [4.69, 9.17) is 0 Å². The molecule has 404 valence electrons. The second-order valence-corrected chi connectivity index (χ2v) is 27.3. The van der Waals surface area contributed by atoms with Gasteiger partial charge in [0.15, 0.2) is 11.6 Å². The van der Waals surface area contributed by atoms with E-state index in [1.807, 2.05) is 0 Å². The molecule has 0 fully saturated rings. The summed E-state index contributed by atoms with van der Waals surface area (Å²) in [7, 11) is 0. The molecule has 0 spiro atoms. The first kappa shape index (κ1) is 49.5. The van der Waals surface area contributed by atoms with Crippen molar-refractivity contribution in [1.29, 1.82) is 0 Å². The standard InChI is InChI=1S/C78H72N4/c1-45-37-69-70(38-46(45)2)80(50-30-34-66-58(42-50)54-22-14-18-26-62(54)76(66,7)8)73(79(69)49-29-33-65-57(41-49)53-21-13-17-25-61(53)75(65,5)6)74-81(51-31-35-67-59(43-51)55-23-15-19-27-63(55)77(67,9)10)71-39-47(3)48(4)40-72(71)82(74)52-32-36-68-60(44-52)56-24-16-20-28-64(56)78(68,11)12/h13-44,53,55,61,63H,1-12H3/b74-73-. The molecule has 82 heavy (non-hydrogen) atoms. The van der Waals surface area contributed by atoms with Gasteiger partial charge < -0.3 is 0 Å². The molecular formula is C78H72N4. The van der Waals surface area contributed by atoms with Crippen molar-refractivity contribution in [1.82, 2.24) is 0 Å². The van der Waals surface area contributed by atoms with E-state index in [1.165, 1.54) is 112 Å². The number of nitrogens with zero attached hydrogens (tertiary/aromatic N) is 4. The van der Waals surface area contributed by atoms with Crippen molar-refractivity contribution in [2.45, 2.75) is 117 Å². The summed E-state index contributed by atoms with van der Waals surface area (Å²) >= 11 is 0. The van der Waals surface area contributed by atoms with E-state index in [9.17, 15) is 0 Å². The van der Waals surface area contributed by atoms with Gasteiger partial charge in [0, 0.05) is 45.4 Å². The summed E-state index contributed by atoms with van der Waals surface area (Å²) in [6, 6.07) is 57.8. The van der Waals surface area contributed by atoms with Crippen LogP contribution in [0.25, 0.3) is 22.3 Å². The molecule has 0 bridgehead atoms. The van der Waals surface area contributed by atoms with Crippen LogP contribution in [0.1, 0.15) is 134 Å². The zero-order chi connectivity index (χ0) is 56.3. The molecule has 4 unspecified atom stereocenters. The summed E-state index contributed by atoms with van der Waals surface area (Å²) in [4.78, 5) is 10.6. The largest absolute Gasteiger partial charge is 0.291 e. The second kappa shape index (κ2) is 16.7. The van der Waals surface area contributed by atoms with E-state index in [1.54, 1.807) is 0 Å². The lowest BCUT2D eigenvalue weighted by Crippen LogP contribution is -2.33. The summed E-state index contributed by atoms with van der Waals surface area (Å²) in [6.07, 6.45) is 18.9. The Balaban J connectivity index is 1.05. The van der Waals surface area contributed by atoms with Crippen molar-refractivity contribution in [3.05, 3.63) is 273 Å². The van der Waals surface area contributed by atoms with Crippen LogP contribution < -0.4 is 19.6 Å². The van der Waals surface area contributed by atoms with Crippen molar-refractivity contribution >= 4 is 45.5 Å². The topological polar surface area (TPSA) is 13.0 Å². The van der Waals surface area contributed by atoms with Crippen molar-refractivity contribution in [3.63, 3.8) is 0 Å². The third kappa shape index (κ3) is 6.44. The zero-order valence-corrected chi connectivity index (χ0v) is 49.6. The Morgan fingerprint density at radius 1 is 0.305 bits per heavy atom. The summed E-state index contributed by atoms with van der Waals surface area (Å²) in [5.74, 6) is 3.49. The number of rotatable bonds is 4. The Kier molecular flexibility index (Phi) is 10.1. The maximum absolute atomic E-state index is 2.66. The fourth-order valence-electron chi connectivity index (χ4n) is 16.7.